The summed E-state index contributed by atoms with van der Waals surface area (Å²) in [5.74, 6) is -0.125. The van der Waals surface area contributed by atoms with E-state index in [2.05, 4.69) is 10.3 Å². The zero-order valence-electron chi connectivity index (χ0n) is 10.9. The SMILES string of the molecule is Cc1cnc(CCNC(=O)C(C)(O)C2CCC2)s1. The van der Waals surface area contributed by atoms with Gasteiger partial charge in [-0.3, -0.25) is 4.79 Å². The lowest BCUT2D eigenvalue weighted by Gasteiger charge is -2.37. The van der Waals surface area contributed by atoms with Gasteiger partial charge in [0.1, 0.15) is 5.60 Å². The predicted molar refractivity (Wildman–Crippen MR) is 71.5 cm³/mol. The lowest BCUT2D eigenvalue weighted by Crippen LogP contribution is -2.52. The minimum Gasteiger partial charge on any atom is -0.380 e. The number of carbonyl (C=O) groups is 1. The molecule has 2 rings (SSSR count). The maximum atomic E-state index is 11.9. The van der Waals surface area contributed by atoms with Gasteiger partial charge in [0.05, 0.1) is 5.01 Å². The smallest absolute Gasteiger partial charge is 0.251 e. The van der Waals surface area contributed by atoms with Crippen LogP contribution in [0.15, 0.2) is 6.20 Å². The van der Waals surface area contributed by atoms with Crippen molar-refractivity contribution >= 4 is 17.2 Å². The Morgan fingerprint density at radius 3 is 2.89 bits per heavy atom. The predicted octanol–water partition coefficient (Wildman–Crippen LogP) is 1.66. The van der Waals surface area contributed by atoms with Gasteiger partial charge in [0, 0.05) is 24.0 Å². The molecule has 1 aromatic heterocycles. The quantitative estimate of drug-likeness (QED) is 0.853. The maximum absolute atomic E-state index is 11.9. The summed E-state index contributed by atoms with van der Waals surface area (Å²) in [6.45, 7) is 4.18. The first-order chi connectivity index (χ1) is 8.50. The summed E-state index contributed by atoms with van der Waals surface area (Å²) >= 11 is 1.64. The molecule has 18 heavy (non-hydrogen) atoms. The number of aryl methyl sites for hydroxylation is 1. The molecule has 1 saturated carbocycles. The highest BCUT2D eigenvalue weighted by Gasteiger charge is 2.41. The maximum Gasteiger partial charge on any atom is 0.251 e. The summed E-state index contributed by atoms with van der Waals surface area (Å²) in [4.78, 5) is 17.3. The molecule has 0 radical (unpaired) electrons. The molecule has 4 nitrogen and oxygen atoms in total. The first kappa shape index (κ1) is 13.5. The molecule has 1 aliphatic rings. The number of carbonyl (C=O) groups excluding carboxylic acids is 1. The van der Waals surface area contributed by atoms with Crippen molar-refractivity contribution in [2.24, 2.45) is 5.92 Å². The standard InChI is InChI=1S/C13H20N2O2S/c1-9-8-15-11(18-9)6-7-14-12(16)13(2,17)10-4-3-5-10/h8,10,17H,3-7H2,1-2H3,(H,14,16). The molecule has 1 aromatic rings. The second-order valence-corrected chi connectivity index (χ2v) is 6.47. The van der Waals surface area contributed by atoms with E-state index in [9.17, 15) is 9.90 Å². The number of thiazole rings is 1. The molecule has 1 amide bonds. The molecule has 0 aliphatic heterocycles. The number of amides is 1. The Hall–Kier alpha value is -0.940. The molecule has 5 heteroatoms. The van der Waals surface area contributed by atoms with Gasteiger partial charge < -0.3 is 10.4 Å². The lowest BCUT2D eigenvalue weighted by molar-refractivity contribution is -0.147. The highest BCUT2D eigenvalue weighted by molar-refractivity contribution is 7.11. The van der Waals surface area contributed by atoms with Crippen molar-refractivity contribution in [1.82, 2.24) is 10.3 Å². The van der Waals surface area contributed by atoms with Gasteiger partial charge in [0.15, 0.2) is 0 Å². The molecule has 1 heterocycles. The van der Waals surface area contributed by atoms with Gasteiger partial charge in [0.2, 0.25) is 0 Å². The van der Waals surface area contributed by atoms with E-state index in [-0.39, 0.29) is 11.8 Å². The Kier molecular flexibility index (Phi) is 4.02. The molecule has 0 aromatic carbocycles. The fourth-order valence-corrected chi connectivity index (χ4v) is 2.92. The number of nitrogens with one attached hydrogen (secondary N) is 1. The summed E-state index contributed by atoms with van der Waals surface area (Å²) in [6.07, 6.45) is 5.59. The zero-order chi connectivity index (χ0) is 13.2. The van der Waals surface area contributed by atoms with Crippen LogP contribution in [0.5, 0.6) is 0 Å². The van der Waals surface area contributed by atoms with E-state index in [0.29, 0.717) is 6.54 Å². The van der Waals surface area contributed by atoms with Crippen LogP contribution in [0.1, 0.15) is 36.1 Å². The number of hydrogen-bond acceptors (Lipinski definition) is 4. The highest BCUT2D eigenvalue weighted by Crippen LogP contribution is 2.36. The Morgan fingerprint density at radius 2 is 2.39 bits per heavy atom. The fraction of sp³-hybridized carbons (Fsp3) is 0.692. The first-order valence-corrected chi connectivity index (χ1v) is 7.24. The van der Waals surface area contributed by atoms with Gasteiger partial charge in [-0.05, 0) is 32.6 Å². The van der Waals surface area contributed by atoms with Crippen molar-refractivity contribution < 1.29 is 9.90 Å². The summed E-state index contributed by atoms with van der Waals surface area (Å²) in [7, 11) is 0. The molecule has 0 bridgehead atoms. The van der Waals surface area contributed by atoms with Crippen molar-refractivity contribution in [3.8, 4) is 0 Å². The molecular formula is C13H20N2O2S. The van der Waals surface area contributed by atoms with Crippen LogP contribution in [0.3, 0.4) is 0 Å². The number of nitrogens with zero attached hydrogens (tertiary/aromatic N) is 1. The first-order valence-electron chi connectivity index (χ1n) is 6.42. The van der Waals surface area contributed by atoms with Gasteiger partial charge in [-0.25, -0.2) is 4.98 Å². The van der Waals surface area contributed by atoms with Crippen LogP contribution in [0.25, 0.3) is 0 Å². The zero-order valence-corrected chi connectivity index (χ0v) is 11.7. The Balaban J connectivity index is 1.77. The van der Waals surface area contributed by atoms with Gasteiger partial charge in [-0.1, -0.05) is 6.42 Å². The van der Waals surface area contributed by atoms with Crippen molar-refractivity contribution in [3.05, 3.63) is 16.1 Å². The Bertz CT molecular complexity index is 424. The molecule has 0 saturated heterocycles. The van der Waals surface area contributed by atoms with Crippen molar-refractivity contribution in [2.45, 2.75) is 45.1 Å². The van der Waals surface area contributed by atoms with E-state index in [1.807, 2.05) is 13.1 Å². The van der Waals surface area contributed by atoms with Crippen LogP contribution in [-0.4, -0.2) is 28.1 Å². The van der Waals surface area contributed by atoms with Gasteiger partial charge in [-0.2, -0.15) is 0 Å². The molecule has 0 spiro atoms. The molecular weight excluding hydrogens is 248 g/mol. The Morgan fingerprint density at radius 1 is 1.67 bits per heavy atom. The average molecular weight is 268 g/mol. The second kappa shape index (κ2) is 5.36. The molecule has 100 valence electrons. The third kappa shape index (κ3) is 2.90. The van der Waals surface area contributed by atoms with Crippen molar-refractivity contribution in [3.63, 3.8) is 0 Å². The van der Waals surface area contributed by atoms with Gasteiger partial charge in [0.25, 0.3) is 5.91 Å². The largest absolute Gasteiger partial charge is 0.380 e. The number of rotatable bonds is 5. The highest BCUT2D eigenvalue weighted by atomic mass is 32.1. The van der Waals surface area contributed by atoms with Crippen molar-refractivity contribution in [1.29, 1.82) is 0 Å². The molecule has 2 N–H and O–H groups in total. The van der Waals surface area contributed by atoms with Gasteiger partial charge >= 0.3 is 0 Å². The molecule has 1 fully saturated rings. The van der Waals surface area contributed by atoms with Crippen LogP contribution in [-0.2, 0) is 11.2 Å². The van der Waals surface area contributed by atoms with Crippen LogP contribution >= 0.6 is 11.3 Å². The summed E-state index contributed by atoms with van der Waals surface area (Å²) < 4.78 is 0. The van der Waals surface area contributed by atoms with Crippen molar-refractivity contribution in [2.75, 3.05) is 6.54 Å². The van der Waals surface area contributed by atoms with Crippen LogP contribution in [0, 0.1) is 12.8 Å². The van der Waals surface area contributed by atoms with Gasteiger partial charge in [-0.15, -0.1) is 11.3 Å². The number of hydrogen-bond donors (Lipinski definition) is 2. The lowest BCUT2D eigenvalue weighted by atomic mass is 9.73. The molecule has 1 atom stereocenters. The topological polar surface area (TPSA) is 62.2 Å². The van der Waals surface area contributed by atoms with E-state index in [0.717, 1.165) is 30.7 Å². The summed E-state index contributed by atoms with van der Waals surface area (Å²) in [5.41, 5.74) is -1.21. The normalized spacial score (nSPS) is 19.1. The van der Waals surface area contributed by atoms with Crippen LogP contribution in [0.2, 0.25) is 0 Å². The van der Waals surface area contributed by atoms with E-state index in [4.69, 9.17) is 0 Å². The minimum absolute atomic E-state index is 0.125. The number of aliphatic hydroxyl groups is 1. The third-order valence-electron chi connectivity index (χ3n) is 3.65. The van der Waals surface area contributed by atoms with E-state index >= 15 is 0 Å². The second-order valence-electron chi connectivity index (χ2n) is 5.15. The summed E-state index contributed by atoms with van der Waals surface area (Å²) in [6, 6.07) is 0. The van der Waals surface area contributed by atoms with E-state index < -0.39 is 5.60 Å². The Labute approximate surface area is 111 Å². The fourth-order valence-electron chi connectivity index (χ4n) is 2.13. The summed E-state index contributed by atoms with van der Waals surface area (Å²) in [5, 5.41) is 14.0. The van der Waals surface area contributed by atoms with Crippen LogP contribution in [0.4, 0.5) is 0 Å². The molecule has 1 aliphatic carbocycles. The van der Waals surface area contributed by atoms with Crippen LogP contribution < -0.4 is 5.32 Å². The number of aromatic nitrogens is 1. The third-order valence-corrected chi connectivity index (χ3v) is 4.63. The average Bonchev–Trinajstić information content (AvgIpc) is 2.60. The monoisotopic (exact) mass is 268 g/mol. The van der Waals surface area contributed by atoms with E-state index in [1.54, 1.807) is 18.3 Å². The minimum atomic E-state index is -1.21. The van der Waals surface area contributed by atoms with E-state index in [1.165, 1.54) is 4.88 Å². The molecule has 1 unspecified atom stereocenters.